The maximum Gasteiger partial charge on any atom is 0.195 e. The summed E-state index contributed by atoms with van der Waals surface area (Å²) in [5.74, 6) is -1.73. The quantitative estimate of drug-likeness (QED) is 0.368. The van der Waals surface area contributed by atoms with E-state index in [9.17, 15) is 14.7 Å². The number of hydrogen-bond acceptors (Lipinski definition) is 3. The molecule has 0 fully saturated rings. The van der Waals surface area contributed by atoms with Crippen LogP contribution in [-0.4, -0.2) is 41.9 Å². The standard InChI is InChI=1S/C12H21NO3/c1-7-8-9(2)13(5,6)12(4,10(3)14)11(15)16/h7,9H,1,8H2,2-6H3. The van der Waals surface area contributed by atoms with E-state index in [1.807, 2.05) is 6.92 Å². The molecular formula is C12H21NO3. The minimum atomic E-state index is -1.53. The van der Waals surface area contributed by atoms with E-state index < -0.39 is 17.3 Å². The van der Waals surface area contributed by atoms with Crippen molar-refractivity contribution in [2.45, 2.75) is 38.8 Å². The summed E-state index contributed by atoms with van der Waals surface area (Å²) in [6, 6.07) is -0.0238. The van der Waals surface area contributed by atoms with Gasteiger partial charge < -0.3 is 14.4 Å². The van der Waals surface area contributed by atoms with E-state index in [-0.39, 0.29) is 10.5 Å². The third kappa shape index (κ3) is 2.16. The van der Waals surface area contributed by atoms with Crippen LogP contribution in [0.25, 0.3) is 0 Å². The van der Waals surface area contributed by atoms with Crippen LogP contribution in [0.3, 0.4) is 0 Å². The van der Waals surface area contributed by atoms with Crippen molar-refractivity contribution in [2.24, 2.45) is 0 Å². The molecule has 0 spiro atoms. The monoisotopic (exact) mass is 227 g/mol. The van der Waals surface area contributed by atoms with Crippen LogP contribution in [-0.2, 0) is 9.59 Å². The van der Waals surface area contributed by atoms with E-state index in [2.05, 4.69) is 6.58 Å². The summed E-state index contributed by atoms with van der Waals surface area (Å²) in [6.07, 6.45) is 2.36. The summed E-state index contributed by atoms with van der Waals surface area (Å²) in [4.78, 5) is 22.8. The van der Waals surface area contributed by atoms with Crippen LogP contribution in [0.5, 0.6) is 0 Å². The minimum absolute atomic E-state index is 0.0238. The Kier molecular flexibility index (Phi) is 4.44. The molecule has 0 aliphatic heterocycles. The molecule has 0 aliphatic rings. The number of likely N-dealkylation sites (N-methyl/N-ethyl adjacent to an activating group) is 1. The van der Waals surface area contributed by atoms with Gasteiger partial charge in [-0.2, -0.15) is 0 Å². The van der Waals surface area contributed by atoms with Crippen LogP contribution >= 0.6 is 0 Å². The average molecular weight is 227 g/mol. The first-order chi connectivity index (χ1) is 7.12. The number of rotatable bonds is 6. The highest BCUT2D eigenvalue weighted by molar-refractivity contribution is 6.03. The van der Waals surface area contributed by atoms with E-state index in [0.717, 1.165) is 0 Å². The minimum Gasteiger partial charge on any atom is -0.543 e. The van der Waals surface area contributed by atoms with Gasteiger partial charge in [-0.25, -0.2) is 0 Å². The number of aliphatic carboxylic acids is 1. The molecule has 0 aliphatic carbocycles. The summed E-state index contributed by atoms with van der Waals surface area (Å²) in [6.45, 7) is 8.23. The van der Waals surface area contributed by atoms with Crippen LogP contribution in [0.15, 0.2) is 12.7 Å². The Morgan fingerprint density at radius 1 is 1.50 bits per heavy atom. The third-order valence-electron chi connectivity index (χ3n) is 3.85. The lowest BCUT2D eigenvalue weighted by atomic mass is 9.90. The topological polar surface area (TPSA) is 57.2 Å². The number of carboxylic acids is 1. The zero-order chi connectivity index (χ0) is 13.1. The number of hydrogen-bond donors (Lipinski definition) is 0. The van der Waals surface area contributed by atoms with Gasteiger partial charge in [0.25, 0.3) is 0 Å². The van der Waals surface area contributed by atoms with Gasteiger partial charge in [0.1, 0.15) is 5.97 Å². The molecule has 0 N–H and O–H groups in total. The van der Waals surface area contributed by atoms with Crippen molar-refractivity contribution in [3.8, 4) is 0 Å². The molecule has 0 heterocycles. The van der Waals surface area contributed by atoms with Crippen molar-refractivity contribution in [3.05, 3.63) is 12.7 Å². The maximum absolute atomic E-state index is 11.6. The smallest absolute Gasteiger partial charge is 0.195 e. The van der Waals surface area contributed by atoms with Crippen molar-refractivity contribution < 1.29 is 19.2 Å². The number of ketones is 1. The van der Waals surface area contributed by atoms with E-state index in [1.165, 1.54) is 13.8 Å². The van der Waals surface area contributed by atoms with Crippen LogP contribution in [0.4, 0.5) is 0 Å². The summed E-state index contributed by atoms with van der Waals surface area (Å²) in [5, 5.41) is 11.2. The number of Topliss-reactive ketones (excluding diaryl/α,β-unsaturated/α-hetero) is 1. The average Bonchev–Trinajstić information content (AvgIpc) is 2.15. The van der Waals surface area contributed by atoms with Gasteiger partial charge in [-0.15, -0.1) is 6.58 Å². The zero-order valence-corrected chi connectivity index (χ0v) is 10.7. The first kappa shape index (κ1) is 14.8. The van der Waals surface area contributed by atoms with Gasteiger partial charge in [0, 0.05) is 20.3 Å². The van der Waals surface area contributed by atoms with Crippen molar-refractivity contribution >= 4 is 11.8 Å². The highest BCUT2D eigenvalue weighted by Gasteiger charge is 2.49. The van der Waals surface area contributed by atoms with Gasteiger partial charge in [-0.05, 0) is 6.92 Å². The van der Waals surface area contributed by atoms with E-state index in [1.54, 1.807) is 20.2 Å². The molecule has 0 aromatic carbocycles. The fraction of sp³-hybridized carbons (Fsp3) is 0.667. The van der Waals surface area contributed by atoms with Gasteiger partial charge in [0.05, 0.1) is 20.1 Å². The Labute approximate surface area is 97.2 Å². The van der Waals surface area contributed by atoms with Crippen molar-refractivity contribution in [3.63, 3.8) is 0 Å². The number of carbonyl (C=O) groups is 2. The number of carbonyl (C=O) groups excluding carboxylic acids is 2. The second-order valence-corrected chi connectivity index (χ2v) is 4.83. The van der Waals surface area contributed by atoms with Crippen molar-refractivity contribution in [1.82, 2.24) is 0 Å². The molecule has 92 valence electrons. The molecule has 16 heavy (non-hydrogen) atoms. The third-order valence-corrected chi connectivity index (χ3v) is 3.85. The highest BCUT2D eigenvalue weighted by atomic mass is 16.4. The maximum atomic E-state index is 11.6. The molecule has 2 atom stereocenters. The van der Waals surface area contributed by atoms with E-state index >= 15 is 0 Å². The van der Waals surface area contributed by atoms with Crippen LogP contribution in [0.2, 0.25) is 0 Å². The molecule has 4 nitrogen and oxygen atoms in total. The summed E-state index contributed by atoms with van der Waals surface area (Å²) in [7, 11) is 3.46. The largest absolute Gasteiger partial charge is 0.543 e. The first-order valence-electron chi connectivity index (χ1n) is 5.29. The Balaban J connectivity index is 5.44. The van der Waals surface area contributed by atoms with Gasteiger partial charge in [-0.1, -0.05) is 6.08 Å². The lowest BCUT2D eigenvalue weighted by Crippen LogP contribution is -2.72. The molecule has 0 saturated heterocycles. The fourth-order valence-electron chi connectivity index (χ4n) is 1.73. The van der Waals surface area contributed by atoms with Gasteiger partial charge >= 0.3 is 0 Å². The molecule has 0 aromatic heterocycles. The van der Waals surface area contributed by atoms with Crippen LogP contribution in [0.1, 0.15) is 27.2 Å². The van der Waals surface area contributed by atoms with E-state index in [0.29, 0.717) is 6.42 Å². The molecule has 0 radical (unpaired) electrons. The predicted octanol–water partition coefficient (Wildman–Crippen LogP) is 0.125. The lowest BCUT2D eigenvalue weighted by molar-refractivity contribution is -0.943. The Hall–Kier alpha value is -1.16. The Morgan fingerprint density at radius 3 is 2.19 bits per heavy atom. The highest BCUT2D eigenvalue weighted by Crippen LogP contribution is 2.26. The number of quaternary nitrogens is 1. The van der Waals surface area contributed by atoms with Gasteiger partial charge in [-0.3, -0.25) is 4.79 Å². The zero-order valence-electron chi connectivity index (χ0n) is 10.7. The first-order valence-corrected chi connectivity index (χ1v) is 5.29. The molecular weight excluding hydrogens is 206 g/mol. The molecule has 0 aromatic rings. The van der Waals surface area contributed by atoms with Crippen molar-refractivity contribution in [1.29, 1.82) is 0 Å². The van der Waals surface area contributed by atoms with Gasteiger partial charge in [0.2, 0.25) is 0 Å². The molecule has 0 rings (SSSR count). The molecule has 0 amide bonds. The molecule has 2 unspecified atom stereocenters. The lowest BCUT2D eigenvalue weighted by Gasteiger charge is -2.49. The predicted molar refractivity (Wildman–Crippen MR) is 60.5 cm³/mol. The SMILES string of the molecule is C=CCC(C)[N+](C)(C)C(C)(C(C)=O)C(=O)[O-]. The number of carboxylic acid groups (broad SMARTS) is 1. The Morgan fingerprint density at radius 2 is 1.94 bits per heavy atom. The summed E-state index contributed by atoms with van der Waals surface area (Å²) < 4.78 is 0.0523. The second kappa shape index (κ2) is 4.78. The second-order valence-electron chi connectivity index (χ2n) is 4.83. The van der Waals surface area contributed by atoms with Crippen LogP contribution in [0, 0.1) is 0 Å². The molecule has 0 saturated carbocycles. The normalized spacial score (nSPS) is 17.3. The van der Waals surface area contributed by atoms with Crippen molar-refractivity contribution in [2.75, 3.05) is 14.1 Å². The summed E-state index contributed by atoms with van der Waals surface area (Å²) in [5.41, 5.74) is -1.53. The fourth-order valence-corrected chi connectivity index (χ4v) is 1.73. The number of nitrogens with zero attached hydrogens (tertiary/aromatic N) is 1. The molecule has 4 heteroatoms. The van der Waals surface area contributed by atoms with Gasteiger partial charge in [0.15, 0.2) is 11.3 Å². The summed E-state index contributed by atoms with van der Waals surface area (Å²) >= 11 is 0. The van der Waals surface area contributed by atoms with Crippen LogP contribution < -0.4 is 5.11 Å². The van der Waals surface area contributed by atoms with E-state index in [4.69, 9.17) is 0 Å². The Bertz CT molecular complexity index is 293. The molecule has 0 bridgehead atoms.